The molecule has 1 aliphatic rings. The molecule has 4 rings (SSSR count). The lowest BCUT2D eigenvalue weighted by Gasteiger charge is -2.28. The minimum absolute atomic E-state index is 0.0240. The lowest BCUT2D eigenvalue weighted by atomic mass is 10.1. The van der Waals surface area contributed by atoms with Gasteiger partial charge < -0.3 is 13.6 Å². The van der Waals surface area contributed by atoms with Crippen LogP contribution in [0.2, 0.25) is 5.02 Å². The van der Waals surface area contributed by atoms with Crippen LogP contribution in [-0.2, 0) is 23.3 Å². The summed E-state index contributed by atoms with van der Waals surface area (Å²) in [4.78, 5) is 14.2. The second-order valence-corrected chi connectivity index (χ2v) is 11.6. The molecular formula is C23H14ClF10N5O5S. The summed E-state index contributed by atoms with van der Waals surface area (Å²) in [6.45, 7) is 0. The van der Waals surface area contributed by atoms with Gasteiger partial charge in [0.15, 0.2) is 5.76 Å². The van der Waals surface area contributed by atoms with Gasteiger partial charge in [-0.15, -0.1) is 5.10 Å². The van der Waals surface area contributed by atoms with Gasteiger partial charge in [-0.2, -0.15) is 53.2 Å². The fourth-order valence-corrected chi connectivity index (χ4v) is 5.30. The van der Waals surface area contributed by atoms with Gasteiger partial charge in [0.25, 0.3) is 11.8 Å². The summed E-state index contributed by atoms with van der Waals surface area (Å²) in [7, 11) is -5.62. The van der Waals surface area contributed by atoms with Crippen molar-refractivity contribution in [1.29, 1.82) is 5.26 Å². The largest absolute Gasteiger partial charge is 0.450 e. The van der Waals surface area contributed by atoms with Crippen LogP contribution in [-0.4, -0.2) is 64.1 Å². The van der Waals surface area contributed by atoms with Gasteiger partial charge in [0.05, 0.1) is 16.7 Å². The predicted octanol–water partition coefficient (Wildman–Crippen LogP) is 6.04. The van der Waals surface area contributed by atoms with E-state index in [-0.39, 0.29) is 26.6 Å². The summed E-state index contributed by atoms with van der Waals surface area (Å²) in [5.74, 6) is -3.44. The van der Waals surface area contributed by atoms with Gasteiger partial charge in [0, 0.05) is 25.7 Å². The van der Waals surface area contributed by atoms with Gasteiger partial charge in [-0.1, -0.05) is 16.8 Å². The number of carbonyl (C=O) groups excluding carboxylic acids is 1. The molecular weight excluding hydrogens is 684 g/mol. The lowest BCUT2D eigenvalue weighted by molar-refractivity contribution is -0.307. The summed E-state index contributed by atoms with van der Waals surface area (Å²) >= 11 is 6.13. The van der Waals surface area contributed by atoms with Gasteiger partial charge in [0.2, 0.25) is 0 Å². The number of rotatable bonds is 7. The molecule has 1 aromatic carbocycles. The molecule has 244 valence electrons. The standard InChI is InChI=1S/C23H14ClF10N5O5S/c1-38(19(9-35)5-6-19)18(40)11-7-10(3-4-12(11)24)14-8-13(37-43-14)16-15(20(25,26)27)17(36-39(16)2)44-45(41,42)21(28,22(29,30)31)23(32,33)34/h3-4,7-8H,5-6H2,1-2H3. The second-order valence-electron chi connectivity index (χ2n) is 9.56. The number of aromatic nitrogens is 3. The van der Waals surface area contributed by atoms with Crippen molar-refractivity contribution in [2.45, 2.75) is 41.9 Å². The molecule has 2 heterocycles. The Hall–Kier alpha value is -4.06. The van der Waals surface area contributed by atoms with Crippen LogP contribution in [0.15, 0.2) is 28.8 Å². The predicted molar refractivity (Wildman–Crippen MR) is 129 cm³/mol. The molecule has 0 unspecified atom stereocenters. The number of aryl methyl sites for hydroxylation is 1. The van der Waals surface area contributed by atoms with E-state index in [1.165, 1.54) is 19.2 Å². The zero-order valence-corrected chi connectivity index (χ0v) is 23.6. The molecule has 0 radical (unpaired) electrons. The summed E-state index contributed by atoms with van der Waals surface area (Å²) < 4.78 is 167. The highest BCUT2D eigenvalue weighted by Crippen LogP contribution is 2.52. The average Bonchev–Trinajstić information content (AvgIpc) is 3.43. The number of amides is 1. The minimum Gasteiger partial charge on any atom is -0.357 e. The molecule has 22 heteroatoms. The Balaban J connectivity index is 1.78. The van der Waals surface area contributed by atoms with E-state index in [2.05, 4.69) is 14.4 Å². The molecule has 0 spiro atoms. The first-order valence-corrected chi connectivity index (χ1v) is 13.6. The summed E-state index contributed by atoms with van der Waals surface area (Å²) in [6.07, 6.45) is -19.5. The third kappa shape index (κ3) is 5.53. The van der Waals surface area contributed by atoms with Crippen LogP contribution in [0.25, 0.3) is 22.7 Å². The Morgan fingerprint density at radius 3 is 2.16 bits per heavy atom. The normalized spacial score (nSPS) is 15.5. The zero-order chi connectivity index (χ0) is 34.1. The van der Waals surface area contributed by atoms with E-state index in [1.807, 2.05) is 6.07 Å². The highest BCUT2D eigenvalue weighted by Gasteiger charge is 2.82. The first-order valence-electron chi connectivity index (χ1n) is 11.8. The topological polar surface area (TPSA) is 131 Å². The van der Waals surface area contributed by atoms with Crippen LogP contribution < -0.4 is 4.18 Å². The molecule has 0 atom stereocenters. The second kappa shape index (κ2) is 10.5. The van der Waals surface area contributed by atoms with E-state index >= 15 is 0 Å². The van der Waals surface area contributed by atoms with Crippen molar-refractivity contribution in [2.24, 2.45) is 7.05 Å². The Labute approximate surface area is 249 Å². The van der Waals surface area contributed by atoms with Crippen molar-refractivity contribution in [1.82, 2.24) is 19.8 Å². The van der Waals surface area contributed by atoms with E-state index in [0.717, 1.165) is 17.0 Å². The minimum atomic E-state index is -7.63. The van der Waals surface area contributed by atoms with Crippen LogP contribution in [0.1, 0.15) is 28.8 Å². The number of carbonyl (C=O) groups is 1. The molecule has 1 amide bonds. The lowest BCUT2D eigenvalue weighted by Crippen LogP contribution is -2.60. The van der Waals surface area contributed by atoms with Crippen molar-refractivity contribution in [2.75, 3.05) is 7.05 Å². The molecule has 0 saturated heterocycles. The Morgan fingerprint density at radius 1 is 1.09 bits per heavy atom. The van der Waals surface area contributed by atoms with Gasteiger partial charge in [-0.25, -0.2) is 4.39 Å². The summed E-state index contributed by atoms with van der Waals surface area (Å²) in [5.41, 5.74) is -5.71. The molecule has 1 aliphatic carbocycles. The highest BCUT2D eigenvalue weighted by molar-refractivity contribution is 7.88. The first-order chi connectivity index (χ1) is 20.4. The smallest absolute Gasteiger partial charge is 0.357 e. The van der Waals surface area contributed by atoms with Crippen LogP contribution in [0.5, 0.6) is 5.88 Å². The van der Waals surface area contributed by atoms with Gasteiger partial charge in [-0.3, -0.25) is 9.48 Å². The molecule has 0 aliphatic heterocycles. The average molecular weight is 698 g/mol. The maximum absolute atomic E-state index is 14.2. The zero-order valence-electron chi connectivity index (χ0n) is 22.1. The fourth-order valence-electron chi connectivity index (χ4n) is 4.09. The Bertz CT molecular complexity index is 1810. The number of hydrogen-bond acceptors (Lipinski definition) is 8. The van der Waals surface area contributed by atoms with Crippen molar-refractivity contribution in [3.63, 3.8) is 0 Å². The molecule has 1 saturated carbocycles. The SMILES string of the molecule is CN(C(=O)c1cc(-c2cc(-c3c(C(F)(F)F)c(OS(=O)(=O)C(F)(C(F)(F)F)C(F)(F)F)nn3C)no2)ccc1Cl)C1(C#N)CC1. The molecule has 0 N–H and O–H groups in total. The Morgan fingerprint density at radius 2 is 1.67 bits per heavy atom. The number of halogens is 11. The molecule has 1 fully saturated rings. The quantitative estimate of drug-likeness (QED) is 0.216. The van der Waals surface area contributed by atoms with Crippen molar-refractivity contribution in [3.8, 4) is 34.7 Å². The van der Waals surface area contributed by atoms with Crippen LogP contribution in [0.4, 0.5) is 43.9 Å². The molecule has 3 aromatic rings. The molecule has 0 bridgehead atoms. The number of nitrogens with zero attached hydrogens (tertiary/aromatic N) is 5. The molecule has 45 heavy (non-hydrogen) atoms. The van der Waals surface area contributed by atoms with E-state index in [9.17, 15) is 62.4 Å². The third-order valence-corrected chi connectivity index (χ3v) is 8.53. The van der Waals surface area contributed by atoms with Crippen LogP contribution >= 0.6 is 11.6 Å². The summed E-state index contributed by atoms with van der Waals surface area (Å²) in [6, 6.07) is 6.37. The number of nitriles is 1. The maximum atomic E-state index is 14.2. The van der Waals surface area contributed by atoms with E-state index < -0.39 is 67.9 Å². The third-order valence-electron chi connectivity index (χ3n) is 6.67. The number of benzene rings is 1. The van der Waals surface area contributed by atoms with Crippen LogP contribution in [0.3, 0.4) is 0 Å². The van der Waals surface area contributed by atoms with Crippen molar-refractivity contribution >= 4 is 27.6 Å². The van der Waals surface area contributed by atoms with Gasteiger partial charge in [0.1, 0.15) is 22.5 Å². The Kier molecular flexibility index (Phi) is 7.89. The maximum Gasteiger partial charge on any atom is 0.450 e. The van der Waals surface area contributed by atoms with E-state index in [1.54, 1.807) is 0 Å². The summed E-state index contributed by atoms with van der Waals surface area (Å²) in [5, 5.41) is 8.45. The first kappa shape index (κ1) is 33.8. The number of hydrogen-bond donors (Lipinski definition) is 0. The van der Waals surface area contributed by atoms with Crippen molar-refractivity contribution in [3.05, 3.63) is 40.4 Å². The van der Waals surface area contributed by atoms with Crippen LogP contribution in [0, 0.1) is 11.3 Å². The van der Waals surface area contributed by atoms with Gasteiger partial charge >= 0.3 is 33.6 Å². The number of alkyl halides is 10. The highest BCUT2D eigenvalue weighted by atomic mass is 35.5. The molecule has 2 aromatic heterocycles. The van der Waals surface area contributed by atoms with E-state index in [4.69, 9.17) is 16.1 Å². The van der Waals surface area contributed by atoms with E-state index in [0.29, 0.717) is 19.9 Å². The van der Waals surface area contributed by atoms with Crippen molar-refractivity contribution < 1.29 is 65.8 Å². The fraction of sp³-hybridized carbons (Fsp3) is 0.391. The molecule has 10 nitrogen and oxygen atoms in total. The van der Waals surface area contributed by atoms with Gasteiger partial charge in [-0.05, 0) is 31.0 Å². The monoisotopic (exact) mass is 697 g/mol.